The maximum absolute atomic E-state index is 11.7. The topological polar surface area (TPSA) is 178 Å². The van der Waals surface area contributed by atoms with Crippen LogP contribution >= 0.6 is 0 Å². The molecular formula is C20H15N5O4. The molecule has 3 rings (SSSR count). The average Bonchev–Trinajstić information content (AvgIpc) is 2.72. The molecule has 0 amide bonds. The minimum Gasteiger partial charge on any atom is -0.478 e. The van der Waals surface area contributed by atoms with E-state index in [1.54, 1.807) is 0 Å². The highest BCUT2D eigenvalue weighted by Crippen LogP contribution is 2.57. The van der Waals surface area contributed by atoms with Gasteiger partial charge in [-0.3, -0.25) is 10.1 Å². The largest absolute Gasteiger partial charge is 0.478 e. The number of rotatable bonds is 3. The number of carbonyl (C=O) groups is 1. The molecule has 0 saturated heterocycles. The highest BCUT2D eigenvalue weighted by molar-refractivity contribution is 5.88. The minimum atomic E-state index is -1.99. The zero-order valence-electron chi connectivity index (χ0n) is 15.1. The Balaban J connectivity index is 2.39. The van der Waals surface area contributed by atoms with E-state index in [1.807, 2.05) is 24.3 Å². The van der Waals surface area contributed by atoms with Gasteiger partial charge < -0.3 is 10.8 Å². The number of nitriles is 3. The quantitative estimate of drug-likeness (QED) is 0.585. The van der Waals surface area contributed by atoms with Gasteiger partial charge in [0, 0.05) is 17.5 Å². The van der Waals surface area contributed by atoms with Gasteiger partial charge in [0.1, 0.15) is 6.07 Å². The zero-order chi connectivity index (χ0) is 21.3. The van der Waals surface area contributed by atoms with Crippen LogP contribution in [0.5, 0.6) is 0 Å². The molecule has 0 heterocycles. The molecule has 0 unspecified atom stereocenters. The summed E-state index contributed by atoms with van der Waals surface area (Å²) in [5.74, 6) is -2.84. The smallest absolute Gasteiger partial charge is 0.335 e. The number of hydrogen-bond acceptors (Lipinski definition) is 7. The van der Waals surface area contributed by atoms with Crippen molar-refractivity contribution < 1.29 is 14.8 Å². The predicted molar refractivity (Wildman–Crippen MR) is 98.7 cm³/mol. The van der Waals surface area contributed by atoms with E-state index in [2.05, 4.69) is 0 Å². The second-order valence-electron chi connectivity index (χ2n) is 6.94. The van der Waals surface area contributed by atoms with Gasteiger partial charge in [0.2, 0.25) is 0 Å². The van der Waals surface area contributed by atoms with Crippen LogP contribution in [0.15, 0.2) is 41.1 Å². The molecule has 0 saturated carbocycles. The summed E-state index contributed by atoms with van der Waals surface area (Å²) >= 11 is 0. The molecule has 2 atom stereocenters. The van der Waals surface area contributed by atoms with Crippen molar-refractivity contribution in [2.75, 3.05) is 0 Å². The number of hydrogen-bond donors (Lipinski definition) is 2. The molecule has 0 aliphatic heterocycles. The molecule has 0 spiro atoms. The van der Waals surface area contributed by atoms with Crippen LogP contribution in [0.25, 0.3) is 0 Å². The lowest BCUT2D eigenvalue weighted by molar-refractivity contribution is -0.385. The van der Waals surface area contributed by atoms with Crippen LogP contribution in [0.1, 0.15) is 41.1 Å². The van der Waals surface area contributed by atoms with Crippen LogP contribution in [0, 0.1) is 55.4 Å². The van der Waals surface area contributed by atoms with Gasteiger partial charge in [-0.05, 0) is 36.8 Å². The van der Waals surface area contributed by atoms with Crippen molar-refractivity contribution in [3.8, 4) is 18.2 Å². The van der Waals surface area contributed by atoms with Crippen LogP contribution in [0.2, 0.25) is 0 Å². The Hall–Kier alpha value is -4.16. The van der Waals surface area contributed by atoms with Gasteiger partial charge in [-0.1, -0.05) is 12.1 Å². The fourth-order valence-electron chi connectivity index (χ4n) is 4.31. The minimum absolute atomic E-state index is 0.0563. The Kier molecular flexibility index (Phi) is 4.80. The molecule has 2 aliphatic carbocycles. The van der Waals surface area contributed by atoms with Crippen molar-refractivity contribution in [1.82, 2.24) is 0 Å². The van der Waals surface area contributed by atoms with E-state index in [0.717, 1.165) is 12.5 Å². The molecule has 144 valence electrons. The normalized spacial score (nSPS) is 22.3. The fourth-order valence-corrected chi connectivity index (χ4v) is 4.31. The van der Waals surface area contributed by atoms with Gasteiger partial charge in [0.25, 0.3) is 5.69 Å². The van der Waals surface area contributed by atoms with Crippen molar-refractivity contribution >= 4 is 11.7 Å². The summed E-state index contributed by atoms with van der Waals surface area (Å²) in [7, 11) is 0. The Morgan fingerprint density at radius 1 is 1.31 bits per heavy atom. The van der Waals surface area contributed by atoms with Gasteiger partial charge >= 0.3 is 5.97 Å². The molecule has 29 heavy (non-hydrogen) atoms. The average molecular weight is 389 g/mol. The summed E-state index contributed by atoms with van der Waals surface area (Å²) in [4.78, 5) is 22.3. The Labute approximate surface area is 165 Å². The second kappa shape index (κ2) is 7.10. The predicted octanol–water partition coefficient (Wildman–Crippen LogP) is 2.89. The van der Waals surface area contributed by atoms with Crippen LogP contribution in [-0.4, -0.2) is 16.0 Å². The van der Waals surface area contributed by atoms with E-state index >= 15 is 0 Å². The summed E-state index contributed by atoms with van der Waals surface area (Å²) < 4.78 is 0. The number of nitrogens with two attached hydrogens (primary N) is 1. The number of nitro groups is 1. The number of fused-ring (bicyclic) bond motifs is 1. The molecule has 0 aromatic heterocycles. The van der Waals surface area contributed by atoms with Gasteiger partial charge in [0.05, 0.1) is 33.9 Å². The molecule has 9 nitrogen and oxygen atoms in total. The van der Waals surface area contributed by atoms with Gasteiger partial charge in [-0.25, -0.2) is 4.79 Å². The lowest BCUT2D eigenvalue weighted by Crippen LogP contribution is -2.42. The lowest BCUT2D eigenvalue weighted by Gasteiger charge is -2.43. The fraction of sp³-hybridized carbons (Fsp3) is 0.300. The third-order valence-corrected chi connectivity index (χ3v) is 5.61. The Morgan fingerprint density at radius 3 is 2.55 bits per heavy atom. The maximum Gasteiger partial charge on any atom is 0.335 e. The highest BCUT2D eigenvalue weighted by atomic mass is 16.6. The number of carboxylic acid groups (broad SMARTS) is 1. The molecule has 2 aliphatic rings. The standard InChI is InChI=1S/C20H15N5O4/c21-8-15-12-3-1-2-4-13(12)17(20(9-22,10-23)18(15)24)14-6-5-11(19(26)27)7-16(14)25(28)29/h3,5-7,13,17H,1-2,4,24H2,(H,26,27)/t13-,17-/m1/s1. The third-order valence-electron chi connectivity index (χ3n) is 5.61. The van der Waals surface area contributed by atoms with E-state index in [4.69, 9.17) is 5.73 Å². The van der Waals surface area contributed by atoms with Crippen molar-refractivity contribution in [3.63, 3.8) is 0 Å². The first kappa shape index (κ1) is 19.6. The molecule has 3 N–H and O–H groups in total. The van der Waals surface area contributed by atoms with E-state index in [9.17, 15) is 35.8 Å². The van der Waals surface area contributed by atoms with E-state index in [1.165, 1.54) is 12.1 Å². The summed E-state index contributed by atoms with van der Waals surface area (Å²) in [6.07, 6.45) is 3.74. The molecule has 9 heteroatoms. The molecule has 1 aromatic carbocycles. The summed E-state index contributed by atoms with van der Waals surface area (Å²) in [5.41, 5.74) is 3.85. The lowest BCUT2D eigenvalue weighted by atomic mass is 9.56. The van der Waals surface area contributed by atoms with Crippen LogP contribution in [0.3, 0.4) is 0 Å². The molecule has 0 fully saturated rings. The Morgan fingerprint density at radius 2 is 2.00 bits per heavy atom. The molecule has 1 aromatic rings. The number of benzene rings is 1. The number of allylic oxidation sites excluding steroid dienone is 4. The molecule has 0 radical (unpaired) electrons. The van der Waals surface area contributed by atoms with Crippen LogP contribution in [-0.2, 0) is 0 Å². The van der Waals surface area contributed by atoms with Gasteiger partial charge in [-0.2, -0.15) is 15.8 Å². The van der Waals surface area contributed by atoms with Crippen molar-refractivity contribution in [2.45, 2.75) is 25.2 Å². The SMILES string of the molecule is N#CC1=C(N)C(C#N)(C#N)[C@@H](c2ccc(C(=O)O)cc2[N+](=O)[O-])[C@@H]2CCCC=C12. The van der Waals surface area contributed by atoms with Gasteiger partial charge in [-0.15, -0.1) is 0 Å². The molecular weight excluding hydrogens is 374 g/mol. The van der Waals surface area contributed by atoms with Crippen LogP contribution < -0.4 is 5.73 Å². The van der Waals surface area contributed by atoms with Crippen molar-refractivity contribution in [3.05, 3.63) is 62.4 Å². The van der Waals surface area contributed by atoms with E-state index < -0.39 is 33.8 Å². The zero-order valence-corrected chi connectivity index (χ0v) is 15.1. The second-order valence-corrected chi connectivity index (χ2v) is 6.94. The van der Waals surface area contributed by atoms with Crippen molar-refractivity contribution in [2.24, 2.45) is 17.1 Å². The number of nitrogens with zero attached hydrogens (tertiary/aromatic N) is 4. The van der Waals surface area contributed by atoms with Crippen molar-refractivity contribution in [1.29, 1.82) is 15.8 Å². The van der Waals surface area contributed by atoms with E-state index in [-0.39, 0.29) is 22.4 Å². The number of carboxylic acids is 1. The van der Waals surface area contributed by atoms with Crippen LogP contribution in [0.4, 0.5) is 5.69 Å². The van der Waals surface area contributed by atoms with Gasteiger partial charge in [0.15, 0.2) is 5.41 Å². The Bertz CT molecular complexity index is 1100. The summed E-state index contributed by atoms with van der Waals surface area (Å²) in [5, 5.41) is 50.4. The summed E-state index contributed by atoms with van der Waals surface area (Å²) in [6.45, 7) is 0. The first-order valence-electron chi connectivity index (χ1n) is 8.77. The van der Waals surface area contributed by atoms with E-state index in [0.29, 0.717) is 18.4 Å². The summed E-state index contributed by atoms with van der Waals surface area (Å²) in [6, 6.07) is 9.19. The number of aromatic carboxylic acids is 1. The number of nitro benzene ring substituents is 1. The third kappa shape index (κ3) is 2.79. The maximum atomic E-state index is 11.7. The highest BCUT2D eigenvalue weighted by Gasteiger charge is 2.55. The molecule has 0 bridgehead atoms. The monoisotopic (exact) mass is 389 g/mol. The first-order valence-corrected chi connectivity index (χ1v) is 8.77. The first-order chi connectivity index (χ1) is 13.8.